The molecule has 1 heterocycles. The summed E-state index contributed by atoms with van der Waals surface area (Å²) in [5, 5.41) is 8.86. The highest BCUT2D eigenvalue weighted by Gasteiger charge is 2.27. The number of hydrogen-bond donors (Lipinski definition) is 1. The molecule has 1 N–H and O–H groups in total. The Hall–Kier alpha value is -1.10. The molecule has 1 fully saturated rings. The second kappa shape index (κ2) is 7.36. The highest BCUT2D eigenvalue weighted by atomic mass is 16.4. The van der Waals surface area contributed by atoms with E-state index in [0.29, 0.717) is 6.42 Å². The van der Waals surface area contributed by atoms with E-state index in [2.05, 4.69) is 11.8 Å². The molecule has 18 heavy (non-hydrogen) atoms. The average molecular weight is 256 g/mol. The van der Waals surface area contributed by atoms with Crippen LogP contribution in [0.3, 0.4) is 0 Å². The zero-order valence-electron chi connectivity index (χ0n) is 11.4. The van der Waals surface area contributed by atoms with Crippen LogP contribution in [0.2, 0.25) is 0 Å². The smallest absolute Gasteiger partial charge is 0.304 e. The SMILES string of the molecule is CCCC(CC(=O)O)C(=O)N1CCN(CC)CC1. The largest absolute Gasteiger partial charge is 0.481 e. The predicted octanol–water partition coefficient (Wildman–Crippen LogP) is 1.04. The highest BCUT2D eigenvalue weighted by molar-refractivity contribution is 5.83. The van der Waals surface area contributed by atoms with Crippen LogP contribution in [0.4, 0.5) is 0 Å². The lowest BCUT2D eigenvalue weighted by Gasteiger charge is -2.35. The molecule has 1 aliphatic rings. The maximum absolute atomic E-state index is 12.3. The zero-order valence-corrected chi connectivity index (χ0v) is 11.4. The van der Waals surface area contributed by atoms with Gasteiger partial charge < -0.3 is 14.9 Å². The lowest BCUT2D eigenvalue weighted by Crippen LogP contribution is -2.50. The van der Waals surface area contributed by atoms with Gasteiger partial charge in [-0.05, 0) is 13.0 Å². The minimum Gasteiger partial charge on any atom is -0.481 e. The van der Waals surface area contributed by atoms with Gasteiger partial charge >= 0.3 is 5.97 Å². The number of likely N-dealkylation sites (N-methyl/N-ethyl adjacent to an activating group) is 1. The normalized spacial score (nSPS) is 18.7. The molecule has 1 atom stereocenters. The summed E-state index contributed by atoms with van der Waals surface area (Å²) >= 11 is 0. The number of hydrogen-bond acceptors (Lipinski definition) is 3. The molecule has 0 bridgehead atoms. The van der Waals surface area contributed by atoms with Crippen LogP contribution in [0.15, 0.2) is 0 Å². The van der Waals surface area contributed by atoms with Gasteiger partial charge in [0.2, 0.25) is 5.91 Å². The van der Waals surface area contributed by atoms with Crippen molar-refractivity contribution in [1.82, 2.24) is 9.80 Å². The molecule has 0 aromatic rings. The van der Waals surface area contributed by atoms with E-state index in [9.17, 15) is 9.59 Å². The standard InChI is InChI=1S/C13H24N2O3/c1-3-5-11(10-12(16)17)13(18)15-8-6-14(4-2)7-9-15/h11H,3-10H2,1-2H3,(H,16,17). The fraction of sp³-hybridized carbons (Fsp3) is 0.846. The molecule has 0 aromatic carbocycles. The zero-order chi connectivity index (χ0) is 13.5. The van der Waals surface area contributed by atoms with E-state index in [1.165, 1.54) is 0 Å². The molecule has 1 saturated heterocycles. The van der Waals surface area contributed by atoms with Crippen molar-refractivity contribution in [2.24, 2.45) is 5.92 Å². The van der Waals surface area contributed by atoms with Crippen LogP contribution >= 0.6 is 0 Å². The second-order valence-corrected chi connectivity index (χ2v) is 4.84. The molecule has 1 rings (SSSR count). The fourth-order valence-corrected chi connectivity index (χ4v) is 2.41. The Morgan fingerprint density at radius 2 is 1.78 bits per heavy atom. The summed E-state index contributed by atoms with van der Waals surface area (Å²) in [7, 11) is 0. The predicted molar refractivity (Wildman–Crippen MR) is 69.3 cm³/mol. The molecule has 0 radical (unpaired) electrons. The van der Waals surface area contributed by atoms with Crippen LogP contribution in [0, 0.1) is 5.92 Å². The Bertz CT molecular complexity index is 286. The molecule has 5 heteroatoms. The summed E-state index contributed by atoms with van der Waals surface area (Å²) in [6, 6.07) is 0. The van der Waals surface area contributed by atoms with Gasteiger partial charge in [0.25, 0.3) is 0 Å². The third-order valence-electron chi connectivity index (χ3n) is 3.54. The van der Waals surface area contributed by atoms with E-state index in [1.54, 1.807) is 0 Å². The highest BCUT2D eigenvalue weighted by Crippen LogP contribution is 2.16. The van der Waals surface area contributed by atoms with Gasteiger partial charge in [-0.2, -0.15) is 0 Å². The summed E-state index contributed by atoms with van der Waals surface area (Å²) in [5.74, 6) is -1.20. The van der Waals surface area contributed by atoms with Crippen LogP contribution in [0.25, 0.3) is 0 Å². The van der Waals surface area contributed by atoms with Crippen LogP contribution < -0.4 is 0 Å². The lowest BCUT2D eigenvalue weighted by molar-refractivity contribution is -0.145. The molecule has 1 unspecified atom stereocenters. The number of carboxylic acids is 1. The lowest BCUT2D eigenvalue weighted by atomic mass is 9.98. The van der Waals surface area contributed by atoms with E-state index in [-0.39, 0.29) is 18.2 Å². The van der Waals surface area contributed by atoms with Crippen molar-refractivity contribution in [2.75, 3.05) is 32.7 Å². The van der Waals surface area contributed by atoms with Crippen molar-refractivity contribution in [3.8, 4) is 0 Å². The van der Waals surface area contributed by atoms with Crippen molar-refractivity contribution in [3.05, 3.63) is 0 Å². The molecule has 104 valence electrons. The van der Waals surface area contributed by atoms with Crippen molar-refractivity contribution in [3.63, 3.8) is 0 Å². The van der Waals surface area contributed by atoms with Crippen molar-refractivity contribution in [1.29, 1.82) is 0 Å². The Morgan fingerprint density at radius 3 is 2.22 bits per heavy atom. The number of carbonyl (C=O) groups excluding carboxylic acids is 1. The van der Waals surface area contributed by atoms with E-state index in [0.717, 1.165) is 39.1 Å². The molecule has 0 saturated carbocycles. The maximum Gasteiger partial charge on any atom is 0.304 e. The fourth-order valence-electron chi connectivity index (χ4n) is 2.41. The topological polar surface area (TPSA) is 60.9 Å². The van der Waals surface area contributed by atoms with Crippen molar-refractivity contribution >= 4 is 11.9 Å². The van der Waals surface area contributed by atoms with Crippen LogP contribution in [0.1, 0.15) is 33.1 Å². The summed E-state index contributed by atoms with van der Waals surface area (Å²) in [6.07, 6.45) is 1.47. The molecule has 5 nitrogen and oxygen atoms in total. The van der Waals surface area contributed by atoms with E-state index in [4.69, 9.17) is 5.11 Å². The maximum atomic E-state index is 12.3. The van der Waals surface area contributed by atoms with Crippen LogP contribution in [-0.4, -0.2) is 59.5 Å². The molecular weight excluding hydrogens is 232 g/mol. The van der Waals surface area contributed by atoms with Gasteiger partial charge in [0.05, 0.1) is 6.42 Å². The number of aliphatic carboxylic acids is 1. The Kier molecular flexibility index (Phi) is 6.12. The van der Waals surface area contributed by atoms with E-state index < -0.39 is 5.97 Å². The van der Waals surface area contributed by atoms with Gasteiger partial charge in [-0.1, -0.05) is 20.3 Å². The molecule has 0 aliphatic carbocycles. The molecule has 1 amide bonds. The number of carboxylic acid groups (broad SMARTS) is 1. The average Bonchev–Trinajstić information content (AvgIpc) is 2.37. The van der Waals surface area contributed by atoms with E-state index in [1.807, 2.05) is 11.8 Å². The van der Waals surface area contributed by atoms with Crippen molar-refractivity contribution < 1.29 is 14.7 Å². The van der Waals surface area contributed by atoms with Gasteiger partial charge in [0.1, 0.15) is 0 Å². The molecule has 1 aliphatic heterocycles. The summed E-state index contributed by atoms with van der Waals surface area (Å²) in [5.41, 5.74) is 0. The van der Waals surface area contributed by atoms with Gasteiger partial charge in [-0.25, -0.2) is 0 Å². The first-order chi connectivity index (χ1) is 8.58. The number of amides is 1. The summed E-state index contributed by atoms with van der Waals surface area (Å²) < 4.78 is 0. The van der Waals surface area contributed by atoms with E-state index >= 15 is 0 Å². The summed E-state index contributed by atoms with van der Waals surface area (Å²) in [4.78, 5) is 27.2. The monoisotopic (exact) mass is 256 g/mol. The second-order valence-electron chi connectivity index (χ2n) is 4.84. The van der Waals surface area contributed by atoms with Gasteiger partial charge in [0, 0.05) is 32.1 Å². The third kappa shape index (κ3) is 4.29. The number of rotatable bonds is 6. The minimum atomic E-state index is -0.881. The summed E-state index contributed by atoms with van der Waals surface area (Å²) in [6.45, 7) is 8.36. The Labute approximate surface area is 109 Å². The molecule has 0 aromatic heterocycles. The first-order valence-electron chi connectivity index (χ1n) is 6.81. The minimum absolute atomic E-state index is 0.0232. The Balaban J connectivity index is 2.52. The first kappa shape index (κ1) is 15.0. The van der Waals surface area contributed by atoms with Crippen molar-refractivity contribution in [2.45, 2.75) is 33.1 Å². The number of piperazine rings is 1. The third-order valence-corrected chi connectivity index (χ3v) is 3.54. The molecular formula is C13H24N2O3. The first-order valence-corrected chi connectivity index (χ1v) is 6.81. The van der Waals surface area contributed by atoms with Crippen LogP contribution in [0.5, 0.6) is 0 Å². The molecule has 0 spiro atoms. The number of nitrogens with zero attached hydrogens (tertiary/aromatic N) is 2. The van der Waals surface area contributed by atoms with Gasteiger partial charge in [-0.3, -0.25) is 9.59 Å². The van der Waals surface area contributed by atoms with Gasteiger partial charge in [0.15, 0.2) is 0 Å². The van der Waals surface area contributed by atoms with Crippen LogP contribution in [-0.2, 0) is 9.59 Å². The quantitative estimate of drug-likeness (QED) is 0.771. The Morgan fingerprint density at radius 1 is 1.17 bits per heavy atom. The number of carbonyl (C=O) groups is 2. The van der Waals surface area contributed by atoms with Gasteiger partial charge in [-0.15, -0.1) is 0 Å².